The van der Waals surface area contributed by atoms with Gasteiger partial charge in [0.15, 0.2) is 6.61 Å². The van der Waals surface area contributed by atoms with Gasteiger partial charge in [0.25, 0.3) is 17.7 Å². The summed E-state index contributed by atoms with van der Waals surface area (Å²) in [6.07, 6.45) is 0. The molecule has 184 valence electrons. The maximum atomic E-state index is 13.1. The topological polar surface area (TPSA) is 93.2 Å². The summed E-state index contributed by atoms with van der Waals surface area (Å²) in [4.78, 5) is 53.8. The zero-order chi connectivity index (χ0) is 26.0. The molecule has 0 bridgehead atoms. The predicted molar refractivity (Wildman–Crippen MR) is 133 cm³/mol. The Morgan fingerprint density at radius 2 is 1.67 bits per heavy atom. The number of fused-ring (bicyclic) bond motifs is 1. The molecule has 3 amide bonds. The molecule has 0 saturated heterocycles. The number of hydrogen-bond donors (Lipinski definition) is 0. The zero-order valence-electron chi connectivity index (χ0n) is 20.5. The van der Waals surface area contributed by atoms with Crippen LogP contribution in [0.25, 0.3) is 0 Å². The van der Waals surface area contributed by atoms with Crippen molar-refractivity contribution in [2.24, 2.45) is 0 Å². The molecule has 0 radical (unpaired) electrons. The minimum atomic E-state index is -0.758. The number of rotatable bonds is 7. The lowest BCUT2D eigenvalue weighted by atomic mass is 10.1. The number of ether oxygens (including phenoxy) is 2. The van der Waals surface area contributed by atoms with Crippen molar-refractivity contribution in [2.75, 3.05) is 25.7 Å². The Morgan fingerprint density at radius 1 is 0.917 bits per heavy atom. The van der Waals surface area contributed by atoms with Crippen LogP contribution in [0.1, 0.15) is 47.8 Å². The van der Waals surface area contributed by atoms with E-state index in [1.165, 1.54) is 23.1 Å². The fourth-order valence-electron chi connectivity index (χ4n) is 4.00. The van der Waals surface area contributed by atoms with E-state index in [0.717, 1.165) is 21.6 Å². The quantitative estimate of drug-likeness (QED) is 0.371. The smallest absolute Gasteiger partial charge is 0.338 e. The second kappa shape index (κ2) is 10.0. The van der Waals surface area contributed by atoms with Gasteiger partial charge in [-0.05, 0) is 66.9 Å². The average Bonchev–Trinajstić information content (AvgIpc) is 3.12. The molecule has 0 fully saturated rings. The minimum Gasteiger partial charge on any atom is -0.497 e. The van der Waals surface area contributed by atoms with E-state index in [2.05, 4.69) is 0 Å². The third kappa shape index (κ3) is 4.84. The van der Waals surface area contributed by atoms with Crippen molar-refractivity contribution in [3.63, 3.8) is 0 Å². The van der Waals surface area contributed by atoms with E-state index in [1.807, 2.05) is 50.2 Å². The molecule has 0 spiro atoms. The van der Waals surface area contributed by atoms with Crippen LogP contribution in [-0.4, -0.2) is 49.4 Å². The van der Waals surface area contributed by atoms with E-state index in [1.54, 1.807) is 20.2 Å². The summed E-state index contributed by atoms with van der Waals surface area (Å²) < 4.78 is 10.4. The Morgan fingerprint density at radius 3 is 2.42 bits per heavy atom. The molecule has 8 nitrogen and oxygen atoms in total. The van der Waals surface area contributed by atoms with Gasteiger partial charge in [-0.25, -0.2) is 9.69 Å². The van der Waals surface area contributed by atoms with Gasteiger partial charge in [-0.1, -0.05) is 24.3 Å². The fraction of sp³-hybridized carbons (Fsp3) is 0.214. The van der Waals surface area contributed by atoms with Gasteiger partial charge in [0.1, 0.15) is 5.75 Å². The van der Waals surface area contributed by atoms with E-state index in [0.29, 0.717) is 18.0 Å². The van der Waals surface area contributed by atoms with Crippen LogP contribution in [-0.2, 0) is 16.1 Å². The first-order valence-corrected chi connectivity index (χ1v) is 11.3. The van der Waals surface area contributed by atoms with Crippen molar-refractivity contribution in [2.45, 2.75) is 20.4 Å². The Kier molecular flexibility index (Phi) is 6.87. The summed E-state index contributed by atoms with van der Waals surface area (Å²) in [6.45, 7) is 3.56. The number of amides is 3. The molecule has 0 atom stereocenters. The van der Waals surface area contributed by atoms with Crippen molar-refractivity contribution in [3.8, 4) is 5.75 Å². The Hall–Kier alpha value is -4.46. The predicted octanol–water partition coefficient (Wildman–Crippen LogP) is 3.93. The first kappa shape index (κ1) is 24.7. The largest absolute Gasteiger partial charge is 0.497 e. The number of esters is 1. The molecule has 4 rings (SSSR count). The van der Waals surface area contributed by atoms with Gasteiger partial charge in [-0.3, -0.25) is 14.4 Å². The average molecular weight is 487 g/mol. The normalized spacial score (nSPS) is 12.4. The lowest BCUT2D eigenvalue weighted by Gasteiger charge is -2.17. The molecule has 0 aliphatic carbocycles. The molecule has 0 unspecified atom stereocenters. The van der Waals surface area contributed by atoms with Crippen LogP contribution >= 0.6 is 0 Å². The SMILES string of the molecule is COc1cccc(CN(C)C(=O)COC(=O)c2ccc3c(c2)C(=O)N(c2cc(C)ccc2C)C3=O)c1. The van der Waals surface area contributed by atoms with E-state index >= 15 is 0 Å². The van der Waals surface area contributed by atoms with Gasteiger partial charge in [-0.2, -0.15) is 0 Å². The number of nitrogens with zero attached hydrogens (tertiary/aromatic N) is 2. The summed E-state index contributed by atoms with van der Waals surface area (Å²) >= 11 is 0. The summed E-state index contributed by atoms with van der Waals surface area (Å²) in [7, 11) is 3.17. The highest BCUT2D eigenvalue weighted by molar-refractivity contribution is 6.35. The van der Waals surface area contributed by atoms with Crippen LogP contribution in [0.4, 0.5) is 5.69 Å². The van der Waals surface area contributed by atoms with E-state index < -0.39 is 24.4 Å². The number of anilines is 1. The number of aryl methyl sites for hydroxylation is 2. The Labute approximate surface area is 209 Å². The van der Waals surface area contributed by atoms with E-state index in [9.17, 15) is 19.2 Å². The van der Waals surface area contributed by atoms with Gasteiger partial charge < -0.3 is 14.4 Å². The molecule has 1 heterocycles. The first-order chi connectivity index (χ1) is 17.2. The van der Waals surface area contributed by atoms with Gasteiger partial charge in [0.2, 0.25) is 0 Å². The van der Waals surface area contributed by atoms with Crippen molar-refractivity contribution in [1.82, 2.24) is 4.90 Å². The number of carbonyl (C=O) groups is 4. The number of hydrogen-bond acceptors (Lipinski definition) is 6. The van der Waals surface area contributed by atoms with Crippen molar-refractivity contribution in [1.29, 1.82) is 0 Å². The Balaban J connectivity index is 1.43. The molecule has 0 aromatic heterocycles. The number of imide groups is 1. The van der Waals surface area contributed by atoms with Crippen LogP contribution in [0.5, 0.6) is 5.75 Å². The molecule has 0 saturated carbocycles. The second-order valence-electron chi connectivity index (χ2n) is 8.67. The second-order valence-corrected chi connectivity index (χ2v) is 8.67. The molecule has 1 aliphatic heterocycles. The fourth-order valence-corrected chi connectivity index (χ4v) is 4.00. The molecule has 3 aromatic carbocycles. The van der Waals surface area contributed by atoms with Gasteiger partial charge in [-0.15, -0.1) is 0 Å². The van der Waals surface area contributed by atoms with Crippen LogP contribution in [0.2, 0.25) is 0 Å². The van der Waals surface area contributed by atoms with Crippen molar-refractivity contribution in [3.05, 3.63) is 94.0 Å². The lowest BCUT2D eigenvalue weighted by molar-refractivity contribution is -0.133. The molecular weight excluding hydrogens is 460 g/mol. The molecule has 8 heteroatoms. The monoisotopic (exact) mass is 486 g/mol. The summed E-state index contributed by atoms with van der Waals surface area (Å²) in [5.41, 5.74) is 3.50. The maximum Gasteiger partial charge on any atom is 0.338 e. The van der Waals surface area contributed by atoms with Gasteiger partial charge in [0, 0.05) is 13.6 Å². The zero-order valence-corrected chi connectivity index (χ0v) is 20.5. The molecule has 36 heavy (non-hydrogen) atoms. The number of methoxy groups -OCH3 is 1. The van der Waals surface area contributed by atoms with Crippen molar-refractivity contribution >= 4 is 29.4 Å². The number of benzene rings is 3. The van der Waals surface area contributed by atoms with Crippen LogP contribution < -0.4 is 9.64 Å². The minimum absolute atomic E-state index is 0.0842. The third-order valence-corrected chi connectivity index (χ3v) is 6.03. The maximum absolute atomic E-state index is 13.1. The highest BCUT2D eigenvalue weighted by Gasteiger charge is 2.38. The molecule has 3 aromatic rings. The van der Waals surface area contributed by atoms with E-state index in [4.69, 9.17) is 9.47 Å². The molecular formula is C28H26N2O6. The third-order valence-electron chi connectivity index (χ3n) is 6.03. The lowest BCUT2D eigenvalue weighted by Crippen LogP contribution is -2.30. The number of likely N-dealkylation sites (N-methyl/N-ethyl adjacent to an activating group) is 1. The molecule has 1 aliphatic rings. The summed E-state index contributed by atoms with van der Waals surface area (Å²) in [6, 6.07) is 17.0. The van der Waals surface area contributed by atoms with Crippen molar-refractivity contribution < 1.29 is 28.7 Å². The first-order valence-electron chi connectivity index (χ1n) is 11.3. The highest BCUT2D eigenvalue weighted by Crippen LogP contribution is 2.32. The standard InChI is InChI=1S/C28H26N2O6/c1-17-8-9-18(2)24(12-17)30-26(32)22-11-10-20(14-23(22)27(30)33)28(34)36-16-25(31)29(3)15-19-6-5-7-21(13-19)35-4/h5-14H,15-16H2,1-4H3. The highest BCUT2D eigenvalue weighted by atomic mass is 16.5. The van der Waals surface area contributed by atoms with E-state index in [-0.39, 0.29) is 22.6 Å². The summed E-state index contributed by atoms with van der Waals surface area (Å²) in [5, 5.41) is 0. The molecule has 0 N–H and O–H groups in total. The Bertz CT molecular complexity index is 1380. The number of carbonyl (C=O) groups excluding carboxylic acids is 4. The van der Waals surface area contributed by atoms with Crippen LogP contribution in [0, 0.1) is 13.8 Å². The summed E-state index contributed by atoms with van der Waals surface area (Å²) in [5.74, 6) is -1.42. The van der Waals surface area contributed by atoms with Gasteiger partial charge in [0.05, 0.1) is 29.5 Å². The van der Waals surface area contributed by atoms with Gasteiger partial charge >= 0.3 is 5.97 Å². The van der Waals surface area contributed by atoms with Crippen LogP contribution in [0.15, 0.2) is 60.7 Å². The van der Waals surface area contributed by atoms with Crippen LogP contribution in [0.3, 0.4) is 0 Å².